The normalized spacial score (nSPS) is 15.2. The molecule has 1 aliphatic heterocycles. The summed E-state index contributed by atoms with van der Waals surface area (Å²) >= 11 is 8.61. The lowest BCUT2D eigenvalue weighted by Gasteiger charge is -2.23. The Hall–Kier alpha value is 1.11. The third kappa shape index (κ3) is 2.31. The fourth-order valence-electron chi connectivity index (χ4n) is 1.90. The second-order valence-corrected chi connectivity index (χ2v) is 10.1. The first kappa shape index (κ1) is 16.0. The van der Waals surface area contributed by atoms with E-state index in [0.29, 0.717) is 11.5 Å². The zero-order valence-electron chi connectivity index (χ0n) is 9.45. The van der Waals surface area contributed by atoms with E-state index in [1.54, 1.807) is 24.3 Å². The van der Waals surface area contributed by atoms with Crippen molar-refractivity contribution in [1.29, 1.82) is 0 Å². The first-order valence-corrected chi connectivity index (χ1v) is 11.0. The first-order valence-electron chi connectivity index (χ1n) is 5.23. The average Bonchev–Trinajstić information content (AvgIpc) is 2.42. The third-order valence-electron chi connectivity index (χ3n) is 2.80. The van der Waals surface area contributed by atoms with Crippen LogP contribution in [0.4, 0.5) is 0 Å². The van der Waals surface area contributed by atoms with Crippen molar-refractivity contribution < 1.29 is 13.2 Å². The summed E-state index contributed by atoms with van der Waals surface area (Å²) in [5.74, 6) is 0.837. The molecular weight excluding hydrogens is 732 g/mol. The number of hydrogen-bond donors (Lipinski definition) is 0. The molecule has 3 nitrogen and oxygen atoms in total. The fourth-order valence-corrected chi connectivity index (χ4v) is 7.96. The molecule has 0 radical (unpaired) electrons. The van der Waals surface area contributed by atoms with E-state index in [0.717, 1.165) is 14.3 Å². The molecule has 0 atom stereocenters. The van der Waals surface area contributed by atoms with E-state index in [4.69, 9.17) is 4.74 Å². The number of para-hydroxylation sites is 1. The van der Waals surface area contributed by atoms with Gasteiger partial charge in [-0.3, -0.25) is 0 Å². The lowest BCUT2D eigenvalue weighted by molar-refractivity contribution is 0.438. The van der Waals surface area contributed by atoms with Gasteiger partial charge in [-0.05, 0) is 102 Å². The van der Waals surface area contributed by atoms with Crippen molar-refractivity contribution in [2.45, 2.75) is 9.79 Å². The molecule has 0 saturated heterocycles. The molecule has 1 heterocycles. The second kappa shape index (κ2) is 5.63. The van der Waals surface area contributed by atoms with Gasteiger partial charge in [-0.2, -0.15) is 0 Å². The van der Waals surface area contributed by atoms with Crippen molar-refractivity contribution in [3.63, 3.8) is 0 Å². The van der Waals surface area contributed by atoms with Crippen LogP contribution >= 0.6 is 90.4 Å². The van der Waals surface area contributed by atoms with Gasteiger partial charge in [0.25, 0.3) is 0 Å². The van der Waals surface area contributed by atoms with Gasteiger partial charge in [0.15, 0.2) is 5.75 Å². The third-order valence-corrected chi connectivity index (χ3v) is 12.4. The lowest BCUT2D eigenvalue weighted by atomic mass is 10.3. The molecule has 0 fully saturated rings. The summed E-state index contributed by atoms with van der Waals surface area (Å²) in [5, 5.41) is 0. The van der Waals surface area contributed by atoms with Gasteiger partial charge >= 0.3 is 0 Å². The smallest absolute Gasteiger partial charge is 0.215 e. The molecule has 0 amide bonds. The van der Waals surface area contributed by atoms with Crippen molar-refractivity contribution in [2.24, 2.45) is 0 Å². The summed E-state index contributed by atoms with van der Waals surface area (Å²) in [6.45, 7) is 0. The maximum absolute atomic E-state index is 12.8. The minimum absolute atomic E-state index is 0.234. The predicted octanol–water partition coefficient (Wildman–Crippen LogP) is 5.04. The summed E-state index contributed by atoms with van der Waals surface area (Å²) in [5.41, 5.74) is 0. The highest BCUT2D eigenvalue weighted by Crippen LogP contribution is 2.49. The van der Waals surface area contributed by atoms with Crippen LogP contribution in [0.15, 0.2) is 34.1 Å². The molecule has 8 heteroatoms. The van der Waals surface area contributed by atoms with Crippen LogP contribution in [-0.4, -0.2) is 8.42 Å². The highest BCUT2D eigenvalue weighted by atomic mass is 127. The van der Waals surface area contributed by atoms with Gasteiger partial charge in [0.05, 0.1) is 7.14 Å². The van der Waals surface area contributed by atoms with E-state index in [-0.39, 0.29) is 9.79 Å². The van der Waals surface area contributed by atoms with Crippen LogP contribution in [0.25, 0.3) is 0 Å². The number of benzene rings is 2. The van der Waals surface area contributed by atoms with Gasteiger partial charge in [-0.15, -0.1) is 0 Å². The summed E-state index contributed by atoms with van der Waals surface area (Å²) in [6.07, 6.45) is 0. The van der Waals surface area contributed by atoms with Crippen LogP contribution in [0, 0.1) is 14.3 Å². The van der Waals surface area contributed by atoms with E-state index in [1.165, 1.54) is 0 Å². The average molecular weight is 736 g/mol. The number of ether oxygens (including phenoxy) is 1. The van der Waals surface area contributed by atoms with E-state index in [1.807, 2.05) is 0 Å². The molecule has 3 rings (SSSR count). The standard InChI is InChI=1S/C12H4I4O3S/c13-7-8(14)10(16)12-11(9(7)15)19-5-3-1-2-4-6(5)20(12,17)18/h1-4H. The van der Waals surface area contributed by atoms with Gasteiger partial charge in [0.2, 0.25) is 9.84 Å². The zero-order valence-corrected chi connectivity index (χ0v) is 18.9. The number of rotatable bonds is 0. The summed E-state index contributed by atoms with van der Waals surface area (Å²) in [4.78, 5) is 0.518. The predicted molar refractivity (Wildman–Crippen MR) is 109 cm³/mol. The quantitative estimate of drug-likeness (QED) is 0.185. The Morgan fingerprint density at radius 1 is 0.850 bits per heavy atom. The van der Waals surface area contributed by atoms with Crippen LogP contribution in [0.5, 0.6) is 11.5 Å². The van der Waals surface area contributed by atoms with Crippen molar-refractivity contribution >= 4 is 100 Å². The molecule has 0 N–H and O–H groups in total. The topological polar surface area (TPSA) is 43.4 Å². The summed E-state index contributed by atoms with van der Waals surface area (Å²) in [6, 6.07) is 6.75. The van der Waals surface area contributed by atoms with Gasteiger partial charge < -0.3 is 4.74 Å². The highest BCUT2D eigenvalue weighted by molar-refractivity contribution is 14.1. The first-order chi connectivity index (χ1) is 9.35. The van der Waals surface area contributed by atoms with Gasteiger partial charge in [0, 0.05) is 7.14 Å². The molecule has 104 valence electrons. The molecule has 0 unspecified atom stereocenters. The molecule has 2 aromatic rings. The van der Waals surface area contributed by atoms with Crippen LogP contribution in [0.1, 0.15) is 0 Å². The maximum Gasteiger partial charge on any atom is 0.215 e. The van der Waals surface area contributed by atoms with Gasteiger partial charge in [-0.1, -0.05) is 12.1 Å². The summed E-state index contributed by atoms with van der Waals surface area (Å²) in [7, 11) is -3.54. The minimum atomic E-state index is -3.54. The Balaban J connectivity index is 2.47. The number of sulfone groups is 1. The SMILES string of the molecule is O=S1(=O)c2ccccc2Oc2c(I)c(I)c(I)c(I)c21. The Morgan fingerprint density at radius 3 is 2.15 bits per heavy atom. The Bertz CT molecular complexity index is 846. The molecule has 1 aliphatic rings. The van der Waals surface area contributed by atoms with E-state index in [2.05, 4.69) is 90.4 Å². The van der Waals surface area contributed by atoms with Crippen LogP contribution in [0.3, 0.4) is 0 Å². The van der Waals surface area contributed by atoms with Gasteiger partial charge in [-0.25, -0.2) is 8.42 Å². The van der Waals surface area contributed by atoms with Crippen molar-refractivity contribution in [1.82, 2.24) is 0 Å². The Kier molecular flexibility index (Phi) is 4.50. The number of halogens is 4. The second-order valence-electron chi connectivity index (χ2n) is 3.97. The highest BCUT2D eigenvalue weighted by Gasteiger charge is 2.36. The Labute approximate surface area is 170 Å². The largest absolute Gasteiger partial charge is 0.453 e. The maximum atomic E-state index is 12.8. The lowest BCUT2D eigenvalue weighted by Crippen LogP contribution is -2.15. The zero-order chi connectivity index (χ0) is 14.7. The number of hydrogen-bond acceptors (Lipinski definition) is 3. The van der Waals surface area contributed by atoms with Crippen LogP contribution in [-0.2, 0) is 9.84 Å². The van der Waals surface area contributed by atoms with Gasteiger partial charge in [0.1, 0.15) is 15.5 Å². The number of fused-ring (bicyclic) bond motifs is 2. The van der Waals surface area contributed by atoms with Crippen molar-refractivity contribution in [3.8, 4) is 11.5 Å². The summed E-state index contributed by atoms with van der Waals surface area (Å²) < 4.78 is 35.0. The monoisotopic (exact) mass is 736 g/mol. The molecule has 20 heavy (non-hydrogen) atoms. The Morgan fingerprint density at radius 2 is 1.45 bits per heavy atom. The molecule has 0 aromatic heterocycles. The van der Waals surface area contributed by atoms with E-state index in [9.17, 15) is 8.42 Å². The molecule has 0 saturated carbocycles. The van der Waals surface area contributed by atoms with Crippen LogP contribution in [0.2, 0.25) is 0 Å². The minimum Gasteiger partial charge on any atom is -0.453 e. The van der Waals surface area contributed by atoms with Crippen LogP contribution < -0.4 is 4.74 Å². The van der Waals surface area contributed by atoms with E-state index >= 15 is 0 Å². The van der Waals surface area contributed by atoms with Crippen molar-refractivity contribution in [3.05, 3.63) is 38.5 Å². The molecule has 0 aliphatic carbocycles. The van der Waals surface area contributed by atoms with E-state index < -0.39 is 9.84 Å². The fraction of sp³-hybridized carbons (Fsp3) is 0. The molecule has 0 bridgehead atoms. The van der Waals surface area contributed by atoms with Crippen molar-refractivity contribution in [2.75, 3.05) is 0 Å². The molecule has 0 spiro atoms. The molecule has 2 aromatic carbocycles. The molecular formula is C12H4I4O3S.